The molecule has 0 spiro atoms. The average Bonchev–Trinajstić information content (AvgIpc) is 2.81. The van der Waals surface area contributed by atoms with Crippen molar-refractivity contribution in [1.29, 1.82) is 0 Å². The summed E-state index contributed by atoms with van der Waals surface area (Å²) < 4.78 is 39.0. The summed E-state index contributed by atoms with van der Waals surface area (Å²) >= 11 is 0. The van der Waals surface area contributed by atoms with Crippen LogP contribution in [0.5, 0.6) is 0 Å². The van der Waals surface area contributed by atoms with E-state index in [1.165, 1.54) is 0 Å². The number of unbranched alkanes of at least 4 members (excludes halogenated alkanes) is 10. The molecule has 0 fully saturated rings. The van der Waals surface area contributed by atoms with Crippen molar-refractivity contribution in [2.24, 2.45) is 0 Å². The summed E-state index contributed by atoms with van der Waals surface area (Å²) in [6.45, 7) is 13.9. The molecule has 0 aliphatic carbocycles. The molecule has 0 aromatic rings. The van der Waals surface area contributed by atoms with E-state index in [1.807, 2.05) is 0 Å². The zero-order chi connectivity index (χ0) is 26.4. The summed E-state index contributed by atoms with van der Waals surface area (Å²) in [5.74, 6) is -0.669. The van der Waals surface area contributed by atoms with Crippen molar-refractivity contribution in [3.8, 4) is 0 Å². The second-order valence-electron chi connectivity index (χ2n) is 8.61. The molecule has 0 heterocycles. The Balaban J connectivity index is 3.71. The maximum absolute atomic E-state index is 12.7. The fourth-order valence-corrected chi connectivity index (χ4v) is 4.27. The summed E-state index contributed by atoms with van der Waals surface area (Å²) in [4.78, 5) is 22.5. The van der Waals surface area contributed by atoms with Crippen molar-refractivity contribution in [2.45, 2.75) is 97.8 Å². The Morgan fingerprint density at radius 3 is 1.20 bits per heavy atom. The highest BCUT2D eigenvalue weighted by Crippen LogP contribution is 2.49. The van der Waals surface area contributed by atoms with Crippen molar-refractivity contribution in [3.63, 3.8) is 0 Å². The minimum atomic E-state index is -3.51. The number of carbonyl (C=O) groups is 2. The number of hydrogen-bond acceptors (Lipinski definition) is 8. The first-order valence-corrected chi connectivity index (χ1v) is 14.4. The molecule has 8 nitrogen and oxygen atoms in total. The van der Waals surface area contributed by atoms with Gasteiger partial charge in [0.05, 0.1) is 33.0 Å². The molecule has 0 aromatic heterocycles. The lowest BCUT2D eigenvalue weighted by molar-refractivity contribution is -0.139. The first kappa shape index (κ1) is 33.5. The van der Waals surface area contributed by atoms with Crippen LogP contribution in [0.2, 0.25) is 0 Å². The fourth-order valence-electron chi connectivity index (χ4n) is 3.02. The van der Waals surface area contributed by atoms with E-state index >= 15 is 0 Å². The number of ether oxygens (including phenoxy) is 2. The lowest BCUT2D eigenvalue weighted by Crippen LogP contribution is -2.06. The van der Waals surface area contributed by atoms with E-state index < -0.39 is 7.82 Å². The molecular formula is C26H47O8P. The van der Waals surface area contributed by atoms with Gasteiger partial charge in [-0.15, -0.1) is 0 Å². The molecular weight excluding hydrogens is 471 g/mol. The van der Waals surface area contributed by atoms with Crippen molar-refractivity contribution < 1.29 is 37.2 Å². The Morgan fingerprint density at radius 2 is 0.886 bits per heavy atom. The van der Waals surface area contributed by atoms with Crippen LogP contribution in [-0.4, -0.2) is 45.0 Å². The summed E-state index contributed by atoms with van der Waals surface area (Å²) in [6.07, 6.45) is 11.3. The van der Waals surface area contributed by atoms with Gasteiger partial charge in [0.15, 0.2) is 0 Å². The summed E-state index contributed by atoms with van der Waals surface area (Å²) in [5, 5.41) is 0. The predicted molar refractivity (Wildman–Crippen MR) is 138 cm³/mol. The van der Waals surface area contributed by atoms with E-state index in [0.717, 1.165) is 77.0 Å². The second kappa shape index (κ2) is 21.8. The lowest BCUT2D eigenvalue weighted by Gasteiger charge is -2.17. The van der Waals surface area contributed by atoms with Crippen LogP contribution >= 0.6 is 7.82 Å². The largest absolute Gasteiger partial charge is 0.474 e. The molecule has 0 amide bonds. The Bertz CT molecular complexity index is 612. The summed E-state index contributed by atoms with van der Waals surface area (Å²) in [5.41, 5.74) is 0.844. The maximum atomic E-state index is 12.7. The van der Waals surface area contributed by atoms with Gasteiger partial charge in [-0.25, -0.2) is 14.2 Å². The van der Waals surface area contributed by atoms with E-state index in [1.54, 1.807) is 20.8 Å². The minimum absolute atomic E-state index is 0.267. The Morgan fingerprint density at radius 1 is 0.571 bits per heavy atom. The third kappa shape index (κ3) is 20.4. The fraction of sp³-hybridized carbons (Fsp3) is 0.769. The predicted octanol–water partition coefficient (Wildman–Crippen LogP) is 7.08. The Labute approximate surface area is 212 Å². The highest BCUT2D eigenvalue weighted by molar-refractivity contribution is 7.48. The monoisotopic (exact) mass is 518 g/mol. The lowest BCUT2D eigenvalue weighted by atomic mass is 10.1. The molecule has 0 aliphatic rings. The van der Waals surface area contributed by atoms with Gasteiger partial charge in [0.2, 0.25) is 0 Å². The van der Waals surface area contributed by atoms with Gasteiger partial charge in [-0.05, 0) is 46.5 Å². The molecule has 0 aromatic carbocycles. The van der Waals surface area contributed by atoms with Crippen LogP contribution in [0.4, 0.5) is 0 Å². The van der Waals surface area contributed by atoms with Gasteiger partial charge in [0.25, 0.3) is 0 Å². The van der Waals surface area contributed by atoms with Crippen molar-refractivity contribution in [2.75, 3.05) is 33.0 Å². The molecule has 0 aliphatic heterocycles. The van der Waals surface area contributed by atoms with Crippen LogP contribution in [0.15, 0.2) is 24.3 Å². The molecule has 0 N–H and O–H groups in total. The topological polar surface area (TPSA) is 97.4 Å². The number of esters is 2. The molecule has 9 heteroatoms. The summed E-state index contributed by atoms with van der Waals surface area (Å²) in [6, 6.07) is 0. The van der Waals surface area contributed by atoms with Crippen molar-refractivity contribution in [3.05, 3.63) is 24.3 Å². The first-order valence-electron chi connectivity index (χ1n) is 12.9. The smallest absolute Gasteiger partial charge is 0.462 e. The zero-order valence-corrected chi connectivity index (χ0v) is 23.0. The van der Waals surface area contributed by atoms with Gasteiger partial charge in [-0.1, -0.05) is 64.5 Å². The molecule has 0 bridgehead atoms. The van der Waals surface area contributed by atoms with Crippen LogP contribution in [-0.2, 0) is 37.2 Å². The highest BCUT2D eigenvalue weighted by Gasteiger charge is 2.25. The normalized spacial score (nSPS) is 11.3. The van der Waals surface area contributed by atoms with Gasteiger partial charge in [0.1, 0.15) is 0 Å². The third-order valence-electron chi connectivity index (χ3n) is 5.03. The van der Waals surface area contributed by atoms with Crippen LogP contribution in [0.25, 0.3) is 0 Å². The summed E-state index contributed by atoms with van der Waals surface area (Å²) in [7, 11) is -3.51. The first-order chi connectivity index (χ1) is 16.7. The number of carbonyl (C=O) groups excluding carboxylic acids is 2. The number of hydrogen-bond donors (Lipinski definition) is 0. The van der Waals surface area contributed by atoms with E-state index in [0.29, 0.717) is 37.6 Å². The van der Waals surface area contributed by atoms with Crippen molar-refractivity contribution >= 4 is 19.8 Å². The van der Waals surface area contributed by atoms with E-state index in [2.05, 4.69) is 13.2 Å². The zero-order valence-electron chi connectivity index (χ0n) is 22.1. The number of rotatable bonds is 24. The van der Waals surface area contributed by atoms with E-state index in [-0.39, 0.29) is 18.5 Å². The van der Waals surface area contributed by atoms with Crippen LogP contribution in [0.3, 0.4) is 0 Å². The molecule has 0 saturated carbocycles. The number of phosphoric ester groups is 1. The van der Waals surface area contributed by atoms with Crippen LogP contribution in [0.1, 0.15) is 97.8 Å². The van der Waals surface area contributed by atoms with Gasteiger partial charge < -0.3 is 9.47 Å². The van der Waals surface area contributed by atoms with Gasteiger partial charge in [-0.3, -0.25) is 13.6 Å². The van der Waals surface area contributed by atoms with E-state index in [9.17, 15) is 14.2 Å². The SMILES string of the molecule is C=C(C)C(=O)OCCCCCCCCOP(=O)(OCC)OCCCCCCCCOC(=O)C(=C)C. The quantitative estimate of drug-likeness (QED) is 0.0578. The van der Waals surface area contributed by atoms with Gasteiger partial charge >= 0.3 is 19.8 Å². The molecule has 0 saturated heterocycles. The highest BCUT2D eigenvalue weighted by atomic mass is 31.2. The molecule has 0 unspecified atom stereocenters. The second-order valence-corrected chi connectivity index (χ2v) is 10.3. The molecule has 0 rings (SSSR count). The third-order valence-corrected chi connectivity index (χ3v) is 6.60. The molecule has 204 valence electrons. The number of phosphoric acid groups is 1. The molecule has 0 atom stereocenters. The minimum Gasteiger partial charge on any atom is -0.462 e. The molecule has 0 radical (unpaired) electrons. The standard InChI is InChI=1S/C26H47O8P/c1-6-32-35(29,33-21-17-13-9-7-11-15-19-30-25(27)23(2)3)34-22-18-14-10-8-12-16-20-31-26(28)24(4)5/h2,4,6-22H2,1,3,5H3. The van der Waals surface area contributed by atoms with Crippen LogP contribution in [0, 0.1) is 0 Å². The Hall–Kier alpha value is -1.47. The van der Waals surface area contributed by atoms with Gasteiger partial charge in [-0.2, -0.15) is 0 Å². The van der Waals surface area contributed by atoms with Crippen molar-refractivity contribution in [1.82, 2.24) is 0 Å². The van der Waals surface area contributed by atoms with E-state index in [4.69, 9.17) is 23.0 Å². The molecule has 35 heavy (non-hydrogen) atoms. The van der Waals surface area contributed by atoms with Gasteiger partial charge in [0, 0.05) is 11.1 Å². The van der Waals surface area contributed by atoms with Crippen LogP contribution < -0.4 is 0 Å². The average molecular weight is 519 g/mol. The maximum Gasteiger partial charge on any atom is 0.474 e. The Kier molecular flexibility index (Phi) is 20.9.